The maximum atomic E-state index is 5.69. The van der Waals surface area contributed by atoms with Crippen LogP contribution in [0.25, 0.3) is 0 Å². The van der Waals surface area contributed by atoms with Crippen molar-refractivity contribution in [3.63, 3.8) is 0 Å². The summed E-state index contributed by atoms with van der Waals surface area (Å²) in [4.78, 5) is 0. The van der Waals surface area contributed by atoms with Crippen LogP contribution in [0.5, 0.6) is 5.75 Å². The van der Waals surface area contributed by atoms with E-state index >= 15 is 0 Å². The van der Waals surface area contributed by atoms with Gasteiger partial charge in [-0.05, 0) is 52.9 Å². The Morgan fingerprint density at radius 2 is 1.69 bits per heavy atom. The van der Waals surface area contributed by atoms with Crippen molar-refractivity contribution in [2.75, 3.05) is 0 Å². The molecule has 16 heavy (non-hydrogen) atoms. The number of hydrogen-bond acceptors (Lipinski definition) is 1. The summed E-state index contributed by atoms with van der Waals surface area (Å²) in [5.41, 5.74) is 1.15. The minimum absolute atomic E-state index is 0.585. The standard InChI is InChI=1S/C13H10BrIO/c14-13-4-2-1-3-10(13)9-16-12-7-5-11(15)6-8-12/h1-8H,9H2. The highest BCUT2D eigenvalue weighted by molar-refractivity contribution is 14.1. The molecule has 0 aliphatic rings. The summed E-state index contributed by atoms with van der Waals surface area (Å²) in [6.07, 6.45) is 0. The fraction of sp³-hybridized carbons (Fsp3) is 0.0769. The van der Waals surface area contributed by atoms with E-state index < -0.39 is 0 Å². The molecule has 1 nitrogen and oxygen atoms in total. The van der Waals surface area contributed by atoms with Gasteiger partial charge >= 0.3 is 0 Å². The van der Waals surface area contributed by atoms with E-state index in [1.807, 2.05) is 42.5 Å². The summed E-state index contributed by atoms with van der Waals surface area (Å²) in [6.45, 7) is 0.585. The number of benzene rings is 2. The van der Waals surface area contributed by atoms with Gasteiger partial charge < -0.3 is 4.74 Å². The summed E-state index contributed by atoms with van der Waals surface area (Å²) in [5, 5.41) is 0. The minimum atomic E-state index is 0.585. The first kappa shape index (κ1) is 11.9. The van der Waals surface area contributed by atoms with Crippen LogP contribution in [0, 0.1) is 3.57 Å². The first-order valence-electron chi connectivity index (χ1n) is 4.87. The van der Waals surface area contributed by atoms with Gasteiger partial charge in [0.25, 0.3) is 0 Å². The van der Waals surface area contributed by atoms with E-state index in [9.17, 15) is 0 Å². The summed E-state index contributed by atoms with van der Waals surface area (Å²) in [7, 11) is 0. The van der Waals surface area contributed by atoms with Gasteiger partial charge in [0, 0.05) is 13.6 Å². The lowest BCUT2D eigenvalue weighted by atomic mass is 10.2. The second kappa shape index (κ2) is 5.68. The van der Waals surface area contributed by atoms with Gasteiger partial charge in [-0.2, -0.15) is 0 Å². The zero-order valence-electron chi connectivity index (χ0n) is 8.49. The largest absolute Gasteiger partial charge is 0.489 e. The molecule has 0 aliphatic heterocycles. The Hall–Kier alpha value is -0.550. The number of hydrogen-bond donors (Lipinski definition) is 0. The lowest BCUT2D eigenvalue weighted by Gasteiger charge is -2.07. The van der Waals surface area contributed by atoms with Crippen molar-refractivity contribution >= 4 is 38.5 Å². The predicted molar refractivity (Wildman–Crippen MR) is 77.6 cm³/mol. The first-order valence-corrected chi connectivity index (χ1v) is 6.74. The molecule has 0 fully saturated rings. The molecule has 3 heteroatoms. The molecule has 0 atom stereocenters. The Kier molecular flexibility index (Phi) is 4.23. The van der Waals surface area contributed by atoms with Gasteiger partial charge in [0.05, 0.1) is 0 Å². The summed E-state index contributed by atoms with van der Waals surface area (Å²) < 4.78 is 7.99. The van der Waals surface area contributed by atoms with Gasteiger partial charge in [-0.3, -0.25) is 0 Å². The predicted octanol–water partition coefficient (Wildman–Crippen LogP) is 4.63. The fourth-order valence-electron chi connectivity index (χ4n) is 1.31. The molecule has 0 spiro atoms. The zero-order chi connectivity index (χ0) is 11.4. The average molecular weight is 389 g/mol. The highest BCUT2D eigenvalue weighted by Gasteiger charge is 1.99. The van der Waals surface area contributed by atoms with Crippen molar-refractivity contribution in [3.05, 3.63) is 62.1 Å². The van der Waals surface area contributed by atoms with Crippen molar-refractivity contribution in [2.24, 2.45) is 0 Å². The third-order valence-electron chi connectivity index (χ3n) is 2.17. The van der Waals surface area contributed by atoms with Gasteiger partial charge in [0.2, 0.25) is 0 Å². The van der Waals surface area contributed by atoms with Gasteiger partial charge in [0.1, 0.15) is 12.4 Å². The highest BCUT2D eigenvalue weighted by atomic mass is 127. The molecular formula is C13H10BrIO. The number of halogens is 2. The van der Waals surface area contributed by atoms with Gasteiger partial charge in [-0.25, -0.2) is 0 Å². The van der Waals surface area contributed by atoms with Crippen LogP contribution in [0.3, 0.4) is 0 Å². The van der Waals surface area contributed by atoms with Crippen LogP contribution in [0.2, 0.25) is 0 Å². The molecule has 0 saturated carbocycles. The molecule has 0 saturated heterocycles. The maximum absolute atomic E-state index is 5.69. The van der Waals surface area contributed by atoms with Crippen LogP contribution in [-0.2, 0) is 6.61 Å². The van der Waals surface area contributed by atoms with E-state index in [2.05, 4.69) is 44.6 Å². The molecule has 0 heterocycles. The monoisotopic (exact) mass is 388 g/mol. The maximum Gasteiger partial charge on any atom is 0.119 e. The molecule has 0 aromatic heterocycles. The van der Waals surface area contributed by atoms with Crippen molar-refractivity contribution in [3.8, 4) is 5.75 Å². The van der Waals surface area contributed by atoms with Crippen LogP contribution >= 0.6 is 38.5 Å². The molecule has 0 aliphatic carbocycles. The van der Waals surface area contributed by atoms with Gasteiger partial charge in [0.15, 0.2) is 0 Å². The summed E-state index contributed by atoms with van der Waals surface area (Å²) in [5.74, 6) is 0.899. The SMILES string of the molecule is Brc1ccccc1COc1ccc(I)cc1. The Labute approximate surface area is 117 Å². The Morgan fingerprint density at radius 3 is 2.38 bits per heavy atom. The smallest absolute Gasteiger partial charge is 0.119 e. The Bertz CT molecular complexity index is 468. The molecule has 0 amide bonds. The highest BCUT2D eigenvalue weighted by Crippen LogP contribution is 2.19. The lowest BCUT2D eigenvalue weighted by molar-refractivity contribution is 0.305. The topological polar surface area (TPSA) is 9.23 Å². The van der Waals surface area contributed by atoms with Crippen molar-refractivity contribution < 1.29 is 4.74 Å². The molecule has 2 aromatic rings. The van der Waals surface area contributed by atoms with E-state index in [1.165, 1.54) is 3.57 Å². The first-order chi connectivity index (χ1) is 7.75. The van der Waals surface area contributed by atoms with Crippen molar-refractivity contribution in [1.29, 1.82) is 0 Å². The van der Waals surface area contributed by atoms with E-state index in [0.717, 1.165) is 15.8 Å². The van der Waals surface area contributed by atoms with Gasteiger partial charge in [-0.1, -0.05) is 34.1 Å². The Balaban J connectivity index is 2.02. The van der Waals surface area contributed by atoms with E-state index in [-0.39, 0.29) is 0 Å². The number of ether oxygens (including phenoxy) is 1. The minimum Gasteiger partial charge on any atom is -0.489 e. The average Bonchev–Trinajstić information content (AvgIpc) is 2.30. The Morgan fingerprint density at radius 1 is 1.00 bits per heavy atom. The third kappa shape index (κ3) is 3.22. The normalized spacial score (nSPS) is 10.1. The van der Waals surface area contributed by atoms with Crippen molar-refractivity contribution in [2.45, 2.75) is 6.61 Å². The van der Waals surface area contributed by atoms with E-state index in [0.29, 0.717) is 6.61 Å². The molecule has 0 radical (unpaired) electrons. The quantitative estimate of drug-likeness (QED) is 0.696. The van der Waals surface area contributed by atoms with Crippen LogP contribution in [0.4, 0.5) is 0 Å². The van der Waals surface area contributed by atoms with Crippen LogP contribution < -0.4 is 4.74 Å². The van der Waals surface area contributed by atoms with Crippen LogP contribution in [0.1, 0.15) is 5.56 Å². The van der Waals surface area contributed by atoms with E-state index in [1.54, 1.807) is 0 Å². The molecule has 2 rings (SSSR count). The molecule has 82 valence electrons. The summed E-state index contributed by atoms with van der Waals surface area (Å²) >= 11 is 5.78. The zero-order valence-corrected chi connectivity index (χ0v) is 12.2. The number of rotatable bonds is 3. The second-order valence-corrected chi connectivity index (χ2v) is 5.43. The summed E-state index contributed by atoms with van der Waals surface area (Å²) in [6, 6.07) is 16.1. The van der Waals surface area contributed by atoms with Gasteiger partial charge in [-0.15, -0.1) is 0 Å². The molecule has 0 unspecified atom stereocenters. The molecular weight excluding hydrogens is 379 g/mol. The molecule has 0 bridgehead atoms. The fourth-order valence-corrected chi connectivity index (χ4v) is 2.07. The molecule has 0 N–H and O–H groups in total. The van der Waals surface area contributed by atoms with E-state index in [4.69, 9.17) is 4.74 Å². The van der Waals surface area contributed by atoms with Crippen molar-refractivity contribution in [1.82, 2.24) is 0 Å². The molecule has 2 aromatic carbocycles. The van der Waals surface area contributed by atoms with Crippen LogP contribution in [0.15, 0.2) is 53.0 Å². The third-order valence-corrected chi connectivity index (χ3v) is 3.66. The van der Waals surface area contributed by atoms with Crippen LogP contribution in [-0.4, -0.2) is 0 Å². The second-order valence-electron chi connectivity index (χ2n) is 3.33. The lowest BCUT2D eigenvalue weighted by Crippen LogP contribution is -1.95.